The van der Waals surface area contributed by atoms with E-state index in [4.69, 9.17) is 5.73 Å². The Hall–Kier alpha value is -1.75. The highest BCUT2D eigenvalue weighted by molar-refractivity contribution is 5.88. The van der Waals surface area contributed by atoms with E-state index in [9.17, 15) is 4.79 Å². The Kier molecular flexibility index (Phi) is 4.27. The van der Waals surface area contributed by atoms with Crippen LogP contribution in [0.25, 0.3) is 0 Å². The number of urea groups is 1. The fourth-order valence-electron chi connectivity index (χ4n) is 2.44. The first-order valence-corrected chi connectivity index (χ1v) is 6.71. The number of hydrogen-bond donors (Lipinski definition) is 3. The van der Waals surface area contributed by atoms with E-state index >= 15 is 0 Å². The smallest absolute Gasteiger partial charge is 0.316 e. The van der Waals surface area contributed by atoms with Gasteiger partial charge < -0.3 is 16.4 Å². The SMILES string of the molecule is CC(C)N1CCC(Nc2cccc(NC(N)=O)c2)C1. The van der Waals surface area contributed by atoms with Crippen molar-refractivity contribution in [2.45, 2.75) is 32.4 Å². The monoisotopic (exact) mass is 262 g/mol. The Morgan fingerprint density at radius 1 is 1.42 bits per heavy atom. The Morgan fingerprint density at radius 2 is 2.16 bits per heavy atom. The summed E-state index contributed by atoms with van der Waals surface area (Å²) in [5.74, 6) is 0. The molecule has 2 amide bonds. The molecule has 1 aromatic rings. The minimum atomic E-state index is -0.538. The Labute approximate surface area is 114 Å². The third-order valence-electron chi connectivity index (χ3n) is 3.45. The topological polar surface area (TPSA) is 70.4 Å². The van der Waals surface area contributed by atoms with Crippen molar-refractivity contribution in [1.29, 1.82) is 0 Å². The Balaban J connectivity index is 1.94. The lowest BCUT2D eigenvalue weighted by molar-refractivity contribution is 0.259. The van der Waals surface area contributed by atoms with Crippen molar-refractivity contribution in [3.05, 3.63) is 24.3 Å². The van der Waals surface area contributed by atoms with Gasteiger partial charge in [0.2, 0.25) is 0 Å². The maximum Gasteiger partial charge on any atom is 0.316 e. The molecule has 4 N–H and O–H groups in total. The van der Waals surface area contributed by atoms with Crippen molar-refractivity contribution in [1.82, 2.24) is 4.90 Å². The summed E-state index contributed by atoms with van der Waals surface area (Å²) in [4.78, 5) is 13.3. The van der Waals surface area contributed by atoms with Crippen molar-refractivity contribution in [3.8, 4) is 0 Å². The summed E-state index contributed by atoms with van der Waals surface area (Å²) in [7, 11) is 0. The van der Waals surface area contributed by atoms with E-state index < -0.39 is 6.03 Å². The van der Waals surface area contributed by atoms with Crippen LogP contribution in [0, 0.1) is 0 Å². The van der Waals surface area contributed by atoms with Gasteiger partial charge in [-0.05, 0) is 38.5 Å². The summed E-state index contributed by atoms with van der Waals surface area (Å²) in [5.41, 5.74) is 6.85. The van der Waals surface area contributed by atoms with E-state index in [1.54, 1.807) is 0 Å². The van der Waals surface area contributed by atoms with E-state index in [0.29, 0.717) is 12.1 Å². The maximum absolute atomic E-state index is 10.8. The van der Waals surface area contributed by atoms with E-state index in [0.717, 1.165) is 30.9 Å². The summed E-state index contributed by atoms with van der Waals surface area (Å²) >= 11 is 0. The molecule has 1 unspecified atom stereocenters. The minimum Gasteiger partial charge on any atom is -0.381 e. The number of nitrogens with one attached hydrogen (secondary N) is 2. The molecule has 2 rings (SSSR count). The van der Waals surface area contributed by atoms with Crippen LogP contribution in [0.2, 0.25) is 0 Å². The number of hydrogen-bond acceptors (Lipinski definition) is 3. The van der Waals surface area contributed by atoms with Crippen LogP contribution in [0.5, 0.6) is 0 Å². The molecular weight excluding hydrogens is 240 g/mol. The zero-order valence-corrected chi connectivity index (χ0v) is 11.5. The first kappa shape index (κ1) is 13.7. The van der Waals surface area contributed by atoms with Gasteiger partial charge >= 0.3 is 6.03 Å². The average molecular weight is 262 g/mol. The van der Waals surface area contributed by atoms with Crippen LogP contribution in [0.3, 0.4) is 0 Å². The number of carbonyl (C=O) groups is 1. The van der Waals surface area contributed by atoms with Gasteiger partial charge in [-0.2, -0.15) is 0 Å². The van der Waals surface area contributed by atoms with E-state index in [2.05, 4.69) is 29.4 Å². The van der Waals surface area contributed by atoms with Crippen LogP contribution in [0.1, 0.15) is 20.3 Å². The Bertz CT molecular complexity index is 447. The van der Waals surface area contributed by atoms with Gasteiger partial charge in [0.25, 0.3) is 0 Å². The number of amides is 2. The molecule has 5 heteroatoms. The lowest BCUT2D eigenvalue weighted by atomic mass is 10.2. The predicted octanol–water partition coefficient (Wildman–Crippen LogP) is 2.07. The van der Waals surface area contributed by atoms with Crippen LogP contribution < -0.4 is 16.4 Å². The lowest BCUT2D eigenvalue weighted by Crippen LogP contribution is -2.31. The lowest BCUT2D eigenvalue weighted by Gasteiger charge is -2.21. The molecule has 0 aliphatic carbocycles. The van der Waals surface area contributed by atoms with E-state index in [1.807, 2.05) is 24.3 Å². The molecule has 5 nitrogen and oxygen atoms in total. The normalized spacial score (nSPS) is 19.6. The van der Waals surface area contributed by atoms with Crippen molar-refractivity contribution in [3.63, 3.8) is 0 Å². The van der Waals surface area contributed by atoms with Gasteiger partial charge in [-0.25, -0.2) is 4.79 Å². The number of carbonyl (C=O) groups excluding carboxylic acids is 1. The molecule has 104 valence electrons. The number of benzene rings is 1. The van der Waals surface area contributed by atoms with Gasteiger partial charge in [0.1, 0.15) is 0 Å². The zero-order chi connectivity index (χ0) is 13.8. The fraction of sp³-hybridized carbons (Fsp3) is 0.500. The molecule has 0 radical (unpaired) electrons. The highest BCUT2D eigenvalue weighted by Crippen LogP contribution is 2.20. The van der Waals surface area contributed by atoms with E-state index in [1.165, 1.54) is 0 Å². The first-order chi connectivity index (χ1) is 9.04. The van der Waals surface area contributed by atoms with Gasteiger partial charge in [-0.3, -0.25) is 4.90 Å². The summed E-state index contributed by atoms with van der Waals surface area (Å²) in [6, 6.07) is 8.16. The summed E-state index contributed by atoms with van der Waals surface area (Å²) in [6.45, 7) is 6.64. The molecule has 1 atom stereocenters. The summed E-state index contributed by atoms with van der Waals surface area (Å²) in [6.07, 6.45) is 1.14. The molecule has 1 aromatic carbocycles. The number of anilines is 2. The zero-order valence-electron chi connectivity index (χ0n) is 11.5. The molecule has 1 heterocycles. The third-order valence-corrected chi connectivity index (χ3v) is 3.45. The highest BCUT2D eigenvalue weighted by Gasteiger charge is 2.23. The van der Waals surface area contributed by atoms with Crippen molar-refractivity contribution in [2.24, 2.45) is 5.73 Å². The quantitative estimate of drug-likeness (QED) is 0.778. The Morgan fingerprint density at radius 3 is 2.79 bits per heavy atom. The highest BCUT2D eigenvalue weighted by atomic mass is 16.2. The van der Waals surface area contributed by atoms with Crippen LogP contribution in [0.15, 0.2) is 24.3 Å². The largest absolute Gasteiger partial charge is 0.381 e. The predicted molar refractivity (Wildman–Crippen MR) is 78.4 cm³/mol. The third kappa shape index (κ3) is 3.86. The van der Waals surface area contributed by atoms with Gasteiger partial charge in [0.15, 0.2) is 0 Å². The van der Waals surface area contributed by atoms with Crippen LogP contribution in [-0.2, 0) is 0 Å². The molecule has 0 saturated carbocycles. The van der Waals surface area contributed by atoms with Crippen LogP contribution in [-0.4, -0.2) is 36.1 Å². The van der Waals surface area contributed by atoms with Gasteiger partial charge in [0.05, 0.1) is 0 Å². The first-order valence-electron chi connectivity index (χ1n) is 6.71. The van der Waals surface area contributed by atoms with Crippen molar-refractivity contribution >= 4 is 17.4 Å². The van der Waals surface area contributed by atoms with Gasteiger partial charge in [0, 0.05) is 36.5 Å². The fourth-order valence-corrected chi connectivity index (χ4v) is 2.44. The summed E-state index contributed by atoms with van der Waals surface area (Å²) < 4.78 is 0. The number of rotatable bonds is 4. The van der Waals surface area contributed by atoms with Crippen molar-refractivity contribution < 1.29 is 4.79 Å². The second-order valence-electron chi connectivity index (χ2n) is 5.29. The van der Waals surface area contributed by atoms with Crippen LogP contribution >= 0.6 is 0 Å². The molecule has 1 saturated heterocycles. The number of primary amides is 1. The molecule has 1 aliphatic heterocycles. The number of nitrogens with two attached hydrogens (primary N) is 1. The molecule has 1 aliphatic rings. The standard InChI is InChI=1S/C14H22N4O/c1-10(2)18-7-6-13(9-18)16-11-4-3-5-12(8-11)17-14(15)19/h3-5,8,10,13,16H,6-7,9H2,1-2H3,(H3,15,17,19). The molecular formula is C14H22N4O. The van der Waals surface area contributed by atoms with Gasteiger partial charge in [-0.1, -0.05) is 6.07 Å². The second kappa shape index (κ2) is 5.93. The molecule has 0 aromatic heterocycles. The molecule has 19 heavy (non-hydrogen) atoms. The molecule has 1 fully saturated rings. The van der Waals surface area contributed by atoms with Crippen LogP contribution in [0.4, 0.5) is 16.2 Å². The average Bonchev–Trinajstić information content (AvgIpc) is 2.77. The van der Waals surface area contributed by atoms with Gasteiger partial charge in [-0.15, -0.1) is 0 Å². The second-order valence-corrected chi connectivity index (χ2v) is 5.29. The number of nitrogens with zero attached hydrogens (tertiary/aromatic N) is 1. The molecule has 0 spiro atoms. The maximum atomic E-state index is 10.8. The summed E-state index contributed by atoms with van der Waals surface area (Å²) in [5, 5.41) is 6.09. The van der Waals surface area contributed by atoms with Crippen molar-refractivity contribution in [2.75, 3.05) is 23.7 Å². The number of likely N-dealkylation sites (tertiary alicyclic amines) is 1. The minimum absolute atomic E-state index is 0.464. The molecule has 0 bridgehead atoms. The van der Waals surface area contributed by atoms with E-state index in [-0.39, 0.29) is 0 Å².